The molecule has 3 heterocycles. The quantitative estimate of drug-likeness (QED) is 0.308. The van der Waals surface area contributed by atoms with Gasteiger partial charge in [-0.1, -0.05) is 34.6 Å². The second-order valence-corrected chi connectivity index (χ2v) is 16.3. The summed E-state index contributed by atoms with van der Waals surface area (Å²) in [5.41, 5.74) is -2.48. The largest absolute Gasteiger partial charge is 0.387 e. The summed E-state index contributed by atoms with van der Waals surface area (Å²) >= 11 is 0. The van der Waals surface area contributed by atoms with E-state index in [0.717, 1.165) is 0 Å². The Morgan fingerprint density at radius 3 is 2.22 bits per heavy atom. The molecule has 0 aromatic heterocycles. The van der Waals surface area contributed by atoms with Gasteiger partial charge in [0.15, 0.2) is 12.6 Å². The zero-order valence-electron chi connectivity index (χ0n) is 32.2. The van der Waals surface area contributed by atoms with Gasteiger partial charge in [0.05, 0.1) is 41.5 Å². The molecular weight excluding hydrogens is 634 g/mol. The molecule has 0 saturated carbocycles. The normalized spacial score (nSPS) is 45.3. The van der Waals surface area contributed by atoms with Crippen molar-refractivity contribution in [1.82, 2.24) is 15.1 Å². The van der Waals surface area contributed by atoms with Crippen molar-refractivity contribution in [3.8, 4) is 0 Å². The Bertz CT molecular complexity index is 1090. The van der Waals surface area contributed by atoms with Crippen LogP contribution in [0.3, 0.4) is 0 Å². The molecule has 3 saturated heterocycles. The van der Waals surface area contributed by atoms with E-state index < -0.39 is 72.2 Å². The molecule has 3 rings (SSSR count). The fourth-order valence-electron chi connectivity index (χ4n) is 7.99. The fourth-order valence-corrected chi connectivity index (χ4v) is 7.99. The van der Waals surface area contributed by atoms with E-state index in [1.165, 1.54) is 7.11 Å². The number of carbonyl (C=O) groups excluding carboxylic acids is 2. The highest BCUT2D eigenvalue weighted by atomic mass is 16.7. The van der Waals surface area contributed by atoms with Crippen LogP contribution in [-0.4, -0.2) is 144 Å². The average molecular weight is 702 g/mol. The molecule has 0 bridgehead atoms. The van der Waals surface area contributed by atoms with Crippen molar-refractivity contribution in [3.05, 3.63) is 0 Å². The highest BCUT2D eigenvalue weighted by Crippen LogP contribution is 2.39. The number of amides is 2. The molecule has 3 aliphatic heterocycles. The lowest BCUT2D eigenvalue weighted by atomic mass is 9.77. The third kappa shape index (κ3) is 10.1. The van der Waals surface area contributed by atoms with E-state index in [9.17, 15) is 24.9 Å². The van der Waals surface area contributed by atoms with E-state index in [0.29, 0.717) is 13.0 Å². The van der Waals surface area contributed by atoms with E-state index in [-0.39, 0.29) is 55.1 Å². The lowest BCUT2D eigenvalue weighted by Crippen LogP contribution is -2.61. The summed E-state index contributed by atoms with van der Waals surface area (Å²) in [5, 5.41) is 37.8. The molecule has 3 aliphatic rings. The molecule has 2 amide bonds. The van der Waals surface area contributed by atoms with Gasteiger partial charge in [-0.25, -0.2) is 0 Å². The van der Waals surface area contributed by atoms with Crippen molar-refractivity contribution >= 4 is 11.8 Å². The van der Waals surface area contributed by atoms with Crippen LogP contribution in [-0.2, 0) is 33.3 Å². The topological polar surface area (TPSA) is 159 Å². The Morgan fingerprint density at radius 1 is 1.02 bits per heavy atom. The molecule has 0 aliphatic carbocycles. The molecule has 3 fully saturated rings. The first kappa shape index (κ1) is 42.0. The van der Waals surface area contributed by atoms with E-state index in [4.69, 9.17) is 23.7 Å². The summed E-state index contributed by atoms with van der Waals surface area (Å²) in [7, 11) is 7.07. The number of nitrogens with zero attached hydrogens (tertiary/aromatic N) is 2. The number of hydrogen-bond acceptors (Lipinski definition) is 11. The third-order valence-corrected chi connectivity index (χ3v) is 11.2. The molecule has 4 N–H and O–H groups in total. The number of aliphatic hydroxyl groups excluding tert-OH is 2. The van der Waals surface area contributed by atoms with E-state index in [1.54, 1.807) is 39.6 Å². The maximum Gasteiger partial charge on any atom is 0.225 e. The van der Waals surface area contributed by atoms with Crippen LogP contribution in [0.1, 0.15) is 88.0 Å². The zero-order valence-corrected chi connectivity index (χ0v) is 32.2. The zero-order chi connectivity index (χ0) is 37.2. The SMILES string of the molecule is CO[C@]1(C)C[C@H](O[C@H]2[C@H](C)[C@@H](O[C@@H]3O[C@H](C)C[C@H](N(C)C)[C@H]3O)[C@](C)(O)C[C@@H](C)CN(C)C(=O)CC(C(C)C)NC(=O)[C@@H]2C)O[C@@H](C)[C@@H]1O. The predicted octanol–water partition coefficient (Wildman–Crippen LogP) is 2.14. The van der Waals surface area contributed by atoms with Gasteiger partial charge in [-0.05, 0) is 66.5 Å². The van der Waals surface area contributed by atoms with Crippen LogP contribution >= 0.6 is 0 Å². The van der Waals surface area contributed by atoms with Crippen LogP contribution in [0.15, 0.2) is 0 Å². The minimum absolute atomic E-state index is 0.0181. The summed E-state index contributed by atoms with van der Waals surface area (Å²) in [6.07, 6.45) is -5.39. The highest BCUT2D eigenvalue weighted by Gasteiger charge is 2.51. The van der Waals surface area contributed by atoms with Crippen LogP contribution in [0.2, 0.25) is 0 Å². The van der Waals surface area contributed by atoms with Crippen molar-refractivity contribution in [2.75, 3.05) is 34.8 Å². The average Bonchev–Trinajstić information content (AvgIpc) is 3.00. The summed E-state index contributed by atoms with van der Waals surface area (Å²) in [4.78, 5) is 31.1. The minimum Gasteiger partial charge on any atom is -0.387 e. The number of aliphatic hydroxyl groups is 3. The van der Waals surface area contributed by atoms with Gasteiger partial charge < -0.3 is 54.1 Å². The molecule has 0 spiro atoms. The molecule has 15 atom stereocenters. The maximum absolute atomic E-state index is 14.1. The molecule has 0 radical (unpaired) electrons. The minimum atomic E-state index is -1.51. The molecule has 286 valence electrons. The van der Waals surface area contributed by atoms with Crippen LogP contribution in [0.25, 0.3) is 0 Å². The third-order valence-electron chi connectivity index (χ3n) is 11.2. The monoisotopic (exact) mass is 701 g/mol. The van der Waals surface area contributed by atoms with Crippen LogP contribution in [0.4, 0.5) is 0 Å². The van der Waals surface area contributed by atoms with Gasteiger partial charge in [0.2, 0.25) is 11.8 Å². The van der Waals surface area contributed by atoms with Gasteiger partial charge in [-0.3, -0.25) is 9.59 Å². The van der Waals surface area contributed by atoms with E-state index >= 15 is 0 Å². The first-order chi connectivity index (χ1) is 22.6. The summed E-state index contributed by atoms with van der Waals surface area (Å²) in [5.74, 6) is -2.01. The Hall–Kier alpha value is -1.42. The first-order valence-corrected chi connectivity index (χ1v) is 18.1. The van der Waals surface area contributed by atoms with Gasteiger partial charge in [0.1, 0.15) is 12.2 Å². The van der Waals surface area contributed by atoms with Crippen LogP contribution < -0.4 is 5.32 Å². The van der Waals surface area contributed by atoms with Gasteiger partial charge in [0, 0.05) is 51.5 Å². The number of carbonyl (C=O) groups is 2. The Balaban J connectivity index is 2.12. The van der Waals surface area contributed by atoms with E-state index in [1.807, 2.05) is 53.6 Å². The maximum atomic E-state index is 14.1. The molecule has 0 aromatic carbocycles. The summed E-state index contributed by atoms with van der Waals surface area (Å²) in [6.45, 7) is 17.1. The Labute approximate surface area is 294 Å². The molecule has 13 heteroatoms. The predicted molar refractivity (Wildman–Crippen MR) is 184 cm³/mol. The van der Waals surface area contributed by atoms with Gasteiger partial charge in [0.25, 0.3) is 0 Å². The fraction of sp³-hybridized carbons (Fsp3) is 0.944. The highest BCUT2D eigenvalue weighted by molar-refractivity contribution is 5.81. The van der Waals surface area contributed by atoms with Crippen molar-refractivity contribution in [1.29, 1.82) is 0 Å². The molecule has 0 aromatic rings. The lowest BCUT2D eigenvalue weighted by molar-refractivity contribution is -0.317. The molecule has 1 unspecified atom stereocenters. The van der Waals surface area contributed by atoms with E-state index in [2.05, 4.69) is 5.32 Å². The molecular formula is C36H67N3O10. The molecule has 49 heavy (non-hydrogen) atoms. The van der Waals surface area contributed by atoms with Gasteiger partial charge >= 0.3 is 0 Å². The van der Waals surface area contributed by atoms with Crippen molar-refractivity contribution < 1.29 is 48.6 Å². The Kier molecular flexibility index (Phi) is 14.5. The number of methoxy groups -OCH3 is 1. The van der Waals surface area contributed by atoms with Gasteiger partial charge in [-0.2, -0.15) is 0 Å². The standard InChI is InChI=1S/C36H67N3O10/c1-19(2)25-15-27(40)39(12)18-20(3)16-35(8,44)32(49-34-29(41)26(38(10)11)14-21(4)46-34)22(5)30(23(6)33(43)37-25)48-28-17-36(9,45-13)31(42)24(7)47-28/h19-26,28-32,34,41-42,44H,14-18H2,1-13H3,(H,37,43)/t20-,21-,22+,23-,24+,25?,26+,28+,29-,30+,31+,32-,34+,35-,36-/m1/s1. The first-order valence-electron chi connectivity index (χ1n) is 18.1. The van der Waals surface area contributed by atoms with Crippen molar-refractivity contribution in [2.45, 2.75) is 160 Å². The van der Waals surface area contributed by atoms with Crippen LogP contribution in [0, 0.1) is 23.7 Å². The smallest absolute Gasteiger partial charge is 0.225 e. The number of nitrogens with one attached hydrogen (secondary N) is 1. The lowest BCUT2D eigenvalue weighted by Gasteiger charge is -2.49. The van der Waals surface area contributed by atoms with Gasteiger partial charge in [-0.15, -0.1) is 0 Å². The number of hydrogen-bond donors (Lipinski definition) is 4. The number of likely N-dealkylation sites (N-methyl/N-ethyl adjacent to an activating group) is 1. The second-order valence-electron chi connectivity index (χ2n) is 16.3. The number of rotatable bonds is 7. The van der Waals surface area contributed by atoms with Crippen molar-refractivity contribution in [2.24, 2.45) is 23.7 Å². The molecule has 13 nitrogen and oxygen atoms in total. The second kappa shape index (κ2) is 16.9. The summed E-state index contributed by atoms with van der Waals surface area (Å²) in [6, 6.07) is -0.659. The number of ether oxygens (including phenoxy) is 5. The van der Waals surface area contributed by atoms with Crippen LogP contribution in [0.5, 0.6) is 0 Å². The van der Waals surface area contributed by atoms with Crippen molar-refractivity contribution in [3.63, 3.8) is 0 Å². The summed E-state index contributed by atoms with van der Waals surface area (Å²) < 4.78 is 31.5. The Morgan fingerprint density at radius 2 is 1.65 bits per heavy atom.